The maximum Gasteiger partial charge on any atom is 0.410 e. The lowest BCUT2D eigenvalue weighted by atomic mass is 9.97. The normalized spacial score (nSPS) is 13.0. The van der Waals surface area contributed by atoms with E-state index in [1.54, 1.807) is 6.92 Å². The van der Waals surface area contributed by atoms with Crippen LogP contribution in [0.1, 0.15) is 45.1 Å². The first kappa shape index (κ1) is 19.3. The molecule has 2 atom stereocenters. The van der Waals surface area contributed by atoms with E-state index in [2.05, 4.69) is 5.32 Å². The van der Waals surface area contributed by atoms with E-state index >= 15 is 0 Å². The Kier molecular flexibility index (Phi) is 8.48. The van der Waals surface area contributed by atoms with E-state index in [1.165, 1.54) is 0 Å². The van der Waals surface area contributed by atoms with Crippen LogP contribution >= 0.6 is 11.6 Å². The number of halogens is 1. The molecule has 0 bridgehead atoms. The van der Waals surface area contributed by atoms with Crippen molar-refractivity contribution in [2.45, 2.75) is 39.5 Å². The molecule has 1 unspecified atom stereocenters. The Morgan fingerprint density at radius 1 is 1.13 bits per heavy atom. The number of carbonyl (C=O) groups excluding carboxylic acids is 2. The third-order valence-electron chi connectivity index (χ3n) is 3.73. The zero-order valence-corrected chi connectivity index (χ0v) is 14.6. The Hall–Kier alpha value is -1.75. The van der Waals surface area contributed by atoms with E-state index in [0.717, 1.165) is 12.0 Å². The van der Waals surface area contributed by atoms with Gasteiger partial charge in [-0.15, -0.1) is 0 Å². The fraction of sp³-hybridized carbons (Fsp3) is 0.529. The highest BCUT2D eigenvalue weighted by Crippen LogP contribution is 2.20. The van der Waals surface area contributed by atoms with Gasteiger partial charge < -0.3 is 14.8 Å². The van der Waals surface area contributed by atoms with Crippen LogP contribution in [0.25, 0.3) is 0 Å². The summed E-state index contributed by atoms with van der Waals surface area (Å²) in [4.78, 5) is 23.1. The van der Waals surface area contributed by atoms with Gasteiger partial charge in [-0.2, -0.15) is 0 Å². The summed E-state index contributed by atoms with van der Waals surface area (Å²) in [6.45, 7) is 5.77. The topological polar surface area (TPSA) is 64.6 Å². The second kappa shape index (κ2) is 10.1. The molecule has 23 heavy (non-hydrogen) atoms. The van der Waals surface area contributed by atoms with Gasteiger partial charge >= 0.3 is 12.1 Å². The molecule has 1 aromatic carbocycles. The summed E-state index contributed by atoms with van der Waals surface area (Å²) in [5.74, 6) is -0.397. The van der Waals surface area contributed by atoms with Crippen LogP contribution in [-0.2, 0) is 14.3 Å². The first-order valence-corrected chi connectivity index (χ1v) is 8.18. The number of rotatable bonds is 8. The third-order valence-corrected chi connectivity index (χ3v) is 3.98. The molecule has 0 saturated carbocycles. The number of alkyl carbamates (subject to hydrolysis) is 1. The monoisotopic (exact) mass is 341 g/mol. The molecule has 0 spiro atoms. The highest BCUT2D eigenvalue weighted by atomic mass is 35.5. The summed E-state index contributed by atoms with van der Waals surface area (Å²) < 4.78 is 9.70. The smallest absolute Gasteiger partial charge is 0.410 e. The van der Waals surface area contributed by atoms with Gasteiger partial charge in [0, 0.05) is 17.5 Å². The number of ether oxygens (including phenoxy) is 2. The lowest BCUT2D eigenvalue weighted by Crippen LogP contribution is -2.30. The lowest BCUT2D eigenvalue weighted by molar-refractivity contribution is -0.156. The number of esters is 1. The van der Waals surface area contributed by atoms with Gasteiger partial charge in [-0.25, -0.2) is 4.79 Å². The Balaban J connectivity index is 2.33. The first-order chi connectivity index (χ1) is 11.0. The van der Waals surface area contributed by atoms with Crippen molar-refractivity contribution in [1.82, 2.24) is 5.32 Å². The molecule has 0 aliphatic heterocycles. The molecule has 0 radical (unpaired) electrons. The minimum Gasteiger partial charge on any atom is -0.428 e. The molecule has 0 saturated heterocycles. The standard InChI is InChI=1S/C17H24ClNO4/c1-4-12(3)16(20)22-11-23-17(21)19-10-13(5-2)14-6-8-15(18)9-7-14/h6-9,12-13H,4-5,10-11H2,1-3H3,(H,19,21)/t12?,13-/m0/s1. The van der Waals surface area contributed by atoms with Crippen LogP contribution in [0.4, 0.5) is 4.79 Å². The van der Waals surface area contributed by atoms with Crippen LogP contribution in [0.3, 0.4) is 0 Å². The summed E-state index contributed by atoms with van der Waals surface area (Å²) in [7, 11) is 0. The quantitative estimate of drug-likeness (QED) is 0.571. The number of benzene rings is 1. The summed E-state index contributed by atoms with van der Waals surface area (Å²) in [6, 6.07) is 7.54. The summed E-state index contributed by atoms with van der Waals surface area (Å²) in [5, 5.41) is 3.36. The molecule has 0 fully saturated rings. The van der Waals surface area contributed by atoms with Crippen molar-refractivity contribution in [2.75, 3.05) is 13.3 Å². The molecule has 1 rings (SSSR count). The molecule has 1 aromatic rings. The van der Waals surface area contributed by atoms with Gasteiger partial charge in [0.05, 0.1) is 5.92 Å². The second-order valence-corrected chi connectivity index (χ2v) is 5.80. The van der Waals surface area contributed by atoms with E-state index < -0.39 is 6.09 Å². The largest absolute Gasteiger partial charge is 0.428 e. The Labute approximate surface area is 142 Å². The van der Waals surface area contributed by atoms with Crippen molar-refractivity contribution >= 4 is 23.7 Å². The van der Waals surface area contributed by atoms with Crippen LogP contribution < -0.4 is 5.32 Å². The Morgan fingerprint density at radius 3 is 2.35 bits per heavy atom. The molecule has 0 heterocycles. The Morgan fingerprint density at radius 2 is 1.78 bits per heavy atom. The maximum atomic E-state index is 11.6. The molecule has 128 valence electrons. The number of amides is 1. The molecular formula is C17H24ClNO4. The van der Waals surface area contributed by atoms with Crippen molar-refractivity contribution in [1.29, 1.82) is 0 Å². The van der Waals surface area contributed by atoms with Gasteiger partial charge in [-0.1, -0.05) is 44.5 Å². The highest BCUT2D eigenvalue weighted by molar-refractivity contribution is 6.30. The number of hydrogen-bond donors (Lipinski definition) is 1. The van der Waals surface area contributed by atoms with Crippen LogP contribution in [-0.4, -0.2) is 25.4 Å². The van der Waals surface area contributed by atoms with Crippen molar-refractivity contribution in [2.24, 2.45) is 5.92 Å². The number of carbonyl (C=O) groups is 2. The molecule has 1 amide bonds. The first-order valence-electron chi connectivity index (χ1n) is 7.80. The van der Waals surface area contributed by atoms with Crippen molar-refractivity contribution < 1.29 is 19.1 Å². The van der Waals surface area contributed by atoms with E-state index in [9.17, 15) is 9.59 Å². The molecule has 5 nitrogen and oxygen atoms in total. The molecule has 0 aromatic heterocycles. The van der Waals surface area contributed by atoms with Crippen molar-refractivity contribution in [3.05, 3.63) is 34.9 Å². The van der Waals surface area contributed by atoms with Crippen LogP contribution in [0.15, 0.2) is 24.3 Å². The summed E-state index contributed by atoms with van der Waals surface area (Å²) in [5.41, 5.74) is 1.10. The van der Waals surface area contributed by atoms with Crippen LogP contribution in [0.5, 0.6) is 0 Å². The average Bonchev–Trinajstić information content (AvgIpc) is 2.56. The molecule has 6 heteroatoms. The van der Waals surface area contributed by atoms with Crippen LogP contribution in [0.2, 0.25) is 5.02 Å². The maximum absolute atomic E-state index is 11.6. The van der Waals surface area contributed by atoms with Crippen molar-refractivity contribution in [3.8, 4) is 0 Å². The van der Waals surface area contributed by atoms with Crippen LogP contribution in [0, 0.1) is 5.92 Å². The fourth-order valence-corrected chi connectivity index (χ4v) is 2.07. The second-order valence-electron chi connectivity index (χ2n) is 5.36. The SMILES string of the molecule is CCC(C)C(=O)OCOC(=O)NC[C@H](CC)c1ccc(Cl)cc1. The predicted molar refractivity (Wildman–Crippen MR) is 89.4 cm³/mol. The van der Waals surface area contributed by atoms with Crippen molar-refractivity contribution in [3.63, 3.8) is 0 Å². The van der Waals surface area contributed by atoms with E-state index in [4.69, 9.17) is 21.1 Å². The van der Waals surface area contributed by atoms with Gasteiger partial charge in [0.15, 0.2) is 0 Å². The fourth-order valence-electron chi connectivity index (χ4n) is 1.94. The van der Waals surface area contributed by atoms with Gasteiger partial charge in [0.2, 0.25) is 6.79 Å². The highest BCUT2D eigenvalue weighted by Gasteiger charge is 2.14. The lowest BCUT2D eigenvalue weighted by Gasteiger charge is -2.16. The van der Waals surface area contributed by atoms with E-state index in [0.29, 0.717) is 18.0 Å². The zero-order valence-electron chi connectivity index (χ0n) is 13.8. The number of nitrogens with one attached hydrogen (secondary N) is 1. The zero-order chi connectivity index (χ0) is 17.2. The third kappa shape index (κ3) is 6.91. The summed E-state index contributed by atoms with van der Waals surface area (Å²) in [6.07, 6.45) is 0.948. The summed E-state index contributed by atoms with van der Waals surface area (Å²) >= 11 is 5.87. The average molecular weight is 342 g/mol. The van der Waals surface area contributed by atoms with Gasteiger partial charge in [-0.3, -0.25) is 4.79 Å². The minimum atomic E-state index is -0.602. The Bertz CT molecular complexity index is 504. The number of hydrogen-bond acceptors (Lipinski definition) is 4. The molecular weight excluding hydrogens is 318 g/mol. The molecule has 1 N–H and O–H groups in total. The minimum absolute atomic E-state index is 0.169. The predicted octanol–water partition coefficient (Wildman–Crippen LogP) is 4.11. The van der Waals surface area contributed by atoms with E-state index in [-0.39, 0.29) is 24.6 Å². The molecule has 0 aliphatic rings. The van der Waals surface area contributed by atoms with Gasteiger partial charge in [0.25, 0.3) is 0 Å². The van der Waals surface area contributed by atoms with Gasteiger partial charge in [-0.05, 0) is 30.5 Å². The van der Waals surface area contributed by atoms with Gasteiger partial charge in [0.1, 0.15) is 0 Å². The van der Waals surface area contributed by atoms with E-state index in [1.807, 2.05) is 38.1 Å². The molecule has 0 aliphatic carbocycles.